The van der Waals surface area contributed by atoms with Crippen molar-refractivity contribution in [2.75, 3.05) is 14.2 Å². The summed E-state index contributed by atoms with van der Waals surface area (Å²) in [5.74, 6) is -10.1. The van der Waals surface area contributed by atoms with E-state index in [2.05, 4.69) is 9.47 Å². The summed E-state index contributed by atoms with van der Waals surface area (Å²) in [5.41, 5.74) is 0. The molecule has 74 valence electrons. The lowest BCUT2D eigenvalue weighted by molar-refractivity contribution is -0.172. The summed E-state index contributed by atoms with van der Waals surface area (Å²) in [6.45, 7) is 0. The molecule has 1 aliphatic carbocycles. The van der Waals surface area contributed by atoms with Crippen LogP contribution in [0.2, 0.25) is 0 Å². The molecule has 0 fully saturated rings. The van der Waals surface area contributed by atoms with Crippen LogP contribution in [0.15, 0.2) is 23.3 Å². The molecule has 0 bridgehead atoms. The minimum Gasteiger partial charge on any atom is -0.342 e. The molecule has 0 spiro atoms. The van der Waals surface area contributed by atoms with Crippen molar-refractivity contribution < 1.29 is 27.0 Å². The topological polar surface area (TPSA) is 18.5 Å². The number of hydrogen-bond donors (Lipinski definition) is 0. The van der Waals surface area contributed by atoms with Gasteiger partial charge in [0.1, 0.15) is 0 Å². The zero-order chi connectivity index (χ0) is 10.2. The van der Waals surface area contributed by atoms with Gasteiger partial charge >= 0.3 is 0 Å². The standard InChI is InChI=1S/C7H6F4O2/c1-12-7(13-2)5(10)3(8)4(9)6(7)11/h1-2H3. The van der Waals surface area contributed by atoms with Crippen LogP contribution < -0.4 is 0 Å². The van der Waals surface area contributed by atoms with E-state index in [4.69, 9.17) is 0 Å². The summed E-state index contributed by atoms with van der Waals surface area (Å²) in [6, 6.07) is 0. The number of methoxy groups -OCH3 is 2. The smallest absolute Gasteiger partial charge is 0.282 e. The molecular formula is C7H6F4O2. The van der Waals surface area contributed by atoms with E-state index < -0.39 is 29.1 Å². The molecule has 0 radical (unpaired) electrons. The number of hydrogen-bond acceptors (Lipinski definition) is 2. The van der Waals surface area contributed by atoms with Gasteiger partial charge in [0, 0.05) is 14.2 Å². The quantitative estimate of drug-likeness (QED) is 0.500. The highest BCUT2D eigenvalue weighted by Crippen LogP contribution is 2.45. The fourth-order valence-corrected chi connectivity index (χ4v) is 1.02. The van der Waals surface area contributed by atoms with Crippen molar-refractivity contribution in [2.45, 2.75) is 5.79 Å². The van der Waals surface area contributed by atoms with Crippen LogP contribution in [0.5, 0.6) is 0 Å². The SMILES string of the molecule is COC1(OC)C(F)=C(F)C(F)=C1F. The van der Waals surface area contributed by atoms with Crippen molar-refractivity contribution in [3.63, 3.8) is 0 Å². The van der Waals surface area contributed by atoms with Crippen LogP contribution in [-0.4, -0.2) is 20.0 Å². The predicted molar refractivity (Wildman–Crippen MR) is 35.2 cm³/mol. The van der Waals surface area contributed by atoms with Crippen molar-refractivity contribution in [2.24, 2.45) is 0 Å². The van der Waals surface area contributed by atoms with Crippen LogP contribution in [-0.2, 0) is 9.47 Å². The zero-order valence-electron chi connectivity index (χ0n) is 6.83. The first-order valence-electron chi connectivity index (χ1n) is 3.23. The van der Waals surface area contributed by atoms with E-state index in [9.17, 15) is 17.6 Å². The first-order valence-corrected chi connectivity index (χ1v) is 3.23. The van der Waals surface area contributed by atoms with Crippen molar-refractivity contribution in [3.05, 3.63) is 23.3 Å². The Kier molecular flexibility index (Phi) is 2.44. The molecule has 0 unspecified atom stereocenters. The van der Waals surface area contributed by atoms with Gasteiger partial charge in [0.05, 0.1) is 0 Å². The van der Waals surface area contributed by atoms with Gasteiger partial charge in [-0.25, -0.2) is 17.6 Å². The molecule has 1 aliphatic rings. The fraction of sp³-hybridized carbons (Fsp3) is 0.429. The van der Waals surface area contributed by atoms with Crippen LogP contribution in [0.25, 0.3) is 0 Å². The maximum atomic E-state index is 12.9. The van der Waals surface area contributed by atoms with E-state index in [1.54, 1.807) is 0 Å². The van der Waals surface area contributed by atoms with Gasteiger partial charge in [-0.3, -0.25) is 0 Å². The number of rotatable bonds is 2. The van der Waals surface area contributed by atoms with E-state index in [0.29, 0.717) is 0 Å². The first kappa shape index (κ1) is 10.2. The summed E-state index contributed by atoms with van der Waals surface area (Å²) in [7, 11) is 1.74. The molecule has 0 aliphatic heterocycles. The highest BCUT2D eigenvalue weighted by Gasteiger charge is 2.52. The van der Waals surface area contributed by atoms with E-state index >= 15 is 0 Å². The first-order chi connectivity index (χ1) is 6.01. The van der Waals surface area contributed by atoms with Gasteiger partial charge in [0.15, 0.2) is 11.7 Å². The van der Waals surface area contributed by atoms with E-state index in [1.165, 1.54) is 0 Å². The lowest BCUT2D eigenvalue weighted by Gasteiger charge is -2.23. The van der Waals surface area contributed by atoms with Gasteiger partial charge in [0.2, 0.25) is 11.7 Å². The average molecular weight is 198 g/mol. The Bertz CT molecular complexity index is 265. The van der Waals surface area contributed by atoms with Crippen molar-refractivity contribution in [1.29, 1.82) is 0 Å². The molecule has 0 atom stereocenters. The normalized spacial score (nSPS) is 21.7. The second kappa shape index (κ2) is 3.12. The lowest BCUT2D eigenvalue weighted by atomic mass is 10.3. The molecule has 13 heavy (non-hydrogen) atoms. The van der Waals surface area contributed by atoms with Gasteiger partial charge < -0.3 is 9.47 Å². The van der Waals surface area contributed by atoms with Crippen molar-refractivity contribution in [1.82, 2.24) is 0 Å². The summed E-state index contributed by atoms with van der Waals surface area (Å²) < 4.78 is 59.2. The van der Waals surface area contributed by atoms with E-state index in [0.717, 1.165) is 14.2 Å². The number of ether oxygens (including phenoxy) is 2. The summed E-state index contributed by atoms with van der Waals surface area (Å²) in [6.07, 6.45) is 0. The molecule has 0 aromatic heterocycles. The Morgan fingerprint density at radius 3 is 1.31 bits per heavy atom. The Hall–Kier alpha value is -0.880. The molecular weight excluding hydrogens is 192 g/mol. The maximum Gasteiger partial charge on any atom is 0.282 e. The highest BCUT2D eigenvalue weighted by atomic mass is 19.2. The van der Waals surface area contributed by atoms with Gasteiger partial charge in [-0.2, -0.15) is 0 Å². The third-order valence-corrected chi connectivity index (χ3v) is 1.73. The Labute approximate surface area is 71.4 Å². The second-order valence-corrected chi connectivity index (χ2v) is 2.28. The molecule has 0 amide bonds. The monoisotopic (exact) mass is 198 g/mol. The summed E-state index contributed by atoms with van der Waals surface area (Å²) >= 11 is 0. The Balaban J connectivity index is 3.28. The average Bonchev–Trinajstić information content (AvgIpc) is 2.31. The minimum absolute atomic E-state index is 0.870. The Morgan fingerprint density at radius 1 is 0.846 bits per heavy atom. The fourth-order valence-electron chi connectivity index (χ4n) is 1.02. The third kappa shape index (κ3) is 1.09. The summed E-state index contributed by atoms with van der Waals surface area (Å²) in [5, 5.41) is 0. The second-order valence-electron chi connectivity index (χ2n) is 2.28. The third-order valence-electron chi connectivity index (χ3n) is 1.73. The molecule has 0 heterocycles. The predicted octanol–water partition coefficient (Wildman–Crippen LogP) is 2.29. The van der Waals surface area contributed by atoms with Gasteiger partial charge in [-0.05, 0) is 0 Å². The molecule has 1 rings (SSSR count). The van der Waals surface area contributed by atoms with Gasteiger partial charge in [-0.15, -0.1) is 0 Å². The zero-order valence-corrected chi connectivity index (χ0v) is 6.83. The van der Waals surface area contributed by atoms with E-state index in [-0.39, 0.29) is 0 Å². The lowest BCUT2D eigenvalue weighted by Crippen LogP contribution is -2.33. The molecule has 2 nitrogen and oxygen atoms in total. The van der Waals surface area contributed by atoms with Crippen LogP contribution >= 0.6 is 0 Å². The maximum absolute atomic E-state index is 12.9. The minimum atomic E-state index is -2.69. The van der Waals surface area contributed by atoms with Crippen LogP contribution in [0.3, 0.4) is 0 Å². The molecule has 0 saturated carbocycles. The van der Waals surface area contributed by atoms with Crippen LogP contribution in [0.1, 0.15) is 0 Å². The Morgan fingerprint density at radius 2 is 1.15 bits per heavy atom. The summed E-state index contributed by atoms with van der Waals surface area (Å²) in [4.78, 5) is 0. The van der Waals surface area contributed by atoms with Crippen molar-refractivity contribution >= 4 is 0 Å². The van der Waals surface area contributed by atoms with Crippen LogP contribution in [0.4, 0.5) is 17.6 Å². The molecule has 0 saturated heterocycles. The van der Waals surface area contributed by atoms with Crippen LogP contribution in [0, 0.1) is 0 Å². The largest absolute Gasteiger partial charge is 0.342 e. The highest BCUT2D eigenvalue weighted by molar-refractivity contribution is 5.42. The molecule has 0 aromatic rings. The van der Waals surface area contributed by atoms with Crippen molar-refractivity contribution in [3.8, 4) is 0 Å². The molecule has 6 heteroatoms. The molecule has 0 aromatic carbocycles. The number of allylic oxidation sites excluding steroid dienone is 2. The van der Waals surface area contributed by atoms with Gasteiger partial charge in [-0.1, -0.05) is 0 Å². The molecule has 0 N–H and O–H groups in total. The number of halogens is 4. The van der Waals surface area contributed by atoms with E-state index in [1.807, 2.05) is 0 Å². The van der Waals surface area contributed by atoms with Gasteiger partial charge in [0.25, 0.3) is 5.79 Å².